The predicted molar refractivity (Wildman–Crippen MR) is 61.7 cm³/mol. The van der Waals surface area contributed by atoms with Crippen molar-refractivity contribution in [3.63, 3.8) is 0 Å². The van der Waals surface area contributed by atoms with Crippen molar-refractivity contribution in [2.24, 2.45) is 0 Å². The topological polar surface area (TPSA) is 26.0 Å². The normalized spacial score (nSPS) is 18.3. The molecule has 0 spiro atoms. The molecule has 0 aromatic heterocycles. The van der Waals surface area contributed by atoms with E-state index in [4.69, 9.17) is 5.73 Å². The van der Waals surface area contributed by atoms with Crippen LogP contribution in [0.25, 0.3) is 0 Å². The Kier molecular flexibility index (Phi) is 3.31. The first-order valence-electron chi connectivity index (χ1n) is 5.94. The maximum atomic E-state index is 12.7. The molecule has 0 amide bonds. The molecule has 1 aromatic rings. The van der Waals surface area contributed by atoms with Gasteiger partial charge in [-0.15, -0.1) is 0 Å². The number of anilines is 1. The van der Waals surface area contributed by atoms with Crippen LogP contribution in [0.2, 0.25) is 0 Å². The first-order valence-corrected chi connectivity index (χ1v) is 5.94. The van der Waals surface area contributed by atoms with Gasteiger partial charge in [0.25, 0.3) is 0 Å². The lowest BCUT2D eigenvalue weighted by Gasteiger charge is -2.23. The molecule has 1 aromatic carbocycles. The van der Waals surface area contributed by atoms with E-state index in [9.17, 15) is 13.2 Å². The van der Waals surface area contributed by atoms with Crippen LogP contribution >= 0.6 is 0 Å². The molecule has 1 fully saturated rings. The Labute approximate surface area is 98.8 Å². The van der Waals surface area contributed by atoms with E-state index in [0.717, 1.165) is 37.3 Å². The molecule has 2 rings (SSSR count). The molecule has 1 aliphatic rings. The zero-order valence-corrected chi connectivity index (χ0v) is 9.56. The summed E-state index contributed by atoms with van der Waals surface area (Å²) < 4.78 is 38.0. The first kappa shape index (κ1) is 12.3. The third-order valence-corrected chi connectivity index (χ3v) is 3.38. The van der Waals surface area contributed by atoms with Gasteiger partial charge in [-0.3, -0.25) is 0 Å². The number of rotatable bonds is 1. The van der Waals surface area contributed by atoms with E-state index in [-0.39, 0.29) is 11.6 Å². The van der Waals surface area contributed by atoms with Gasteiger partial charge in [-0.05, 0) is 42.5 Å². The van der Waals surface area contributed by atoms with E-state index in [1.54, 1.807) is 6.07 Å². The van der Waals surface area contributed by atoms with Crippen LogP contribution in [0.3, 0.4) is 0 Å². The smallest absolute Gasteiger partial charge is 0.399 e. The van der Waals surface area contributed by atoms with Crippen LogP contribution in [0.5, 0.6) is 0 Å². The van der Waals surface area contributed by atoms with Gasteiger partial charge in [0.15, 0.2) is 0 Å². The Bertz CT molecular complexity index is 392. The van der Waals surface area contributed by atoms with Crippen molar-refractivity contribution in [3.05, 3.63) is 29.3 Å². The van der Waals surface area contributed by atoms with Gasteiger partial charge in [0.05, 0.1) is 5.56 Å². The van der Waals surface area contributed by atoms with Gasteiger partial charge < -0.3 is 5.73 Å². The zero-order valence-electron chi connectivity index (χ0n) is 9.56. The second kappa shape index (κ2) is 4.59. The molecule has 0 saturated heterocycles. The minimum absolute atomic E-state index is 0.209. The standard InChI is InChI=1S/C13H16F3N/c14-13(15,16)11-6-10(7-12(17)8-11)9-4-2-1-3-5-9/h6-9H,1-5,17H2. The van der Waals surface area contributed by atoms with Crippen molar-refractivity contribution in [2.45, 2.75) is 44.2 Å². The average Bonchev–Trinajstić information content (AvgIpc) is 2.28. The fourth-order valence-corrected chi connectivity index (χ4v) is 2.51. The van der Waals surface area contributed by atoms with Crippen molar-refractivity contribution in [1.29, 1.82) is 0 Å². The van der Waals surface area contributed by atoms with Gasteiger partial charge >= 0.3 is 6.18 Å². The summed E-state index contributed by atoms with van der Waals surface area (Å²) >= 11 is 0. The minimum Gasteiger partial charge on any atom is -0.399 e. The van der Waals surface area contributed by atoms with E-state index in [1.165, 1.54) is 12.5 Å². The monoisotopic (exact) mass is 243 g/mol. The summed E-state index contributed by atoms with van der Waals surface area (Å²) in [5.41, 5.74) is 5.89. The number of nitrogens with two attached hydrogens (primary N) is 1. The third kappa shape index (κ3) is 2.93. The molecule has 94 valence electrons. The zero-order chi connectivity index (χ0) is 12.5. The minimum atomic E-state index is -4.31. The van der Waals surface area contributed by atoms with Gasteiger partial charge in [-0.2, -0.15) is 13.2 Å². The molecule has 1 saturated carbocycles. The number of hydrogen-bond acceptors (Lipinski definition) is 1. The van der Waals surface area contributed by atoms with E-state index in [2.05, 4.69) is 0 Å². The second-order valence-corrected chi connectivity index (χ2v) is 4.72. The number of benzene rings is 1. The SMILES string of the molecule is Nc1cc(C2CCCCC2)cc(C(F)(F)F)c1. The lowest BCUT2D eigenvalue weighted by molar-refractivity contribution is -0.137. The average molecular weight is 243 g/mol. The summed E-state index contributed by atoms with van der Waals surface area (Å²) in [6.07, 6.45) is 1.02. The molecule has 17 heavy (non-hydrogen) atoms. The summed E-state index contributed by atoms with van der Waals surface area (Å²) in [5.74, 6) is 0.244. The Balaban J connectivity index is 2.31. The van der Waals surface area contributed by atoms with Gasteiger partial charge in [0.1, 0.15) is 0 Å². The molecule has 0 atom stereocenters. The molecular weight excluding hydrogens is 227 g/mol. The molecule has 0 heterocycles. The van der Waals surface area contributed by atoms with Gasteiger partial charge in [0, 0.05) is 5.69 Å². The van der Waals surface area contributed by atoms with Crippen LogP contribution in [-0.2, 0) is 6.18 Å². The van der Waals surface area contributed by atoms with Crippen molar-refractivity contribution >= 4 is 5.69 Å². The number of hydrogen-bond donors (Lipinski definition) is 1. The fraction of sp³-hybridized carbons (Fsp3) is 0.538. The highest BCUT2D eigenvalue weighted by Crippen LogP contribution is 2.37. The van der Waals surface area contributed by atoms with Crippen LogP contribution in [0.4, 0.5) is 18.9 Å². The van der Waals surface area contributed by atoms with E-state index >= 15 is 0 Å². The second-order valence-electron chi connectivity index (χ2n) is 4.72. The van der Waals surface area contributed by atoms with E-state index in [0.29, 0.717) is 0 Å². The maximum Gasteiger partial charge on any atom is 0.416 e. The van der Waals surface area contributed by atoms with Gasteiger partial charge in [-0.1, -0.05) is 19.3 Å². The van der Waals surface area contributed by atoms with Crippen molar-refractivity contribution in [3.8, 4) is 0 Å². The summed E-state index contributed by atoms with van der Waals surface area (Å²) in [7, 11) is 0. The highest BCUT2D eigenvalue weighted by Gasteiger charge is 2.31. The van der Waals surface area contributed by atoms with Gasteiger partial charge in [-0.25, -0.2) is 0 Å². The summed E-state index contributed by atoms with van der Waals surface area (Å²) in [6.45, 7) is 0. The van der Waals surface area contributed by atoms with E-state index < -0.39 is 11.7 Å². The third-order valence-electron chi connectivity index (χ3n) is 3.38. The molecular formula is C13H16F3N. The highest BCUT2D eigenvalue weighted by molar-refractivity contribution is 5.46. The molecule has 0 unspecified atom stereocenters. The van der Waals surface area contributed by atoms with Crippen LogP contribution in [0.1, 0.15) is 49.1 Å². The Morgan fingerprint density at radius 2 is 1.65 bits per heavy atom. The molecule has 0 bridgehead atoms. The summed E-state index contributed by atoms with van der Waals surface area (Å²) in [4.78, 5) is 0. The van der Waals surface area contributed by atoms with Crippen molar-refractivity contribution < 1.29 is 13.2 Å². The Hall–Kier alpha value is -1.19. The van der Waals surface area contributed by atoms with Crippen LogP contribution < -0.4 is 5.73 Å². The molecule has 0 radical (unpaired) electrons. The largest absolute Gasteiger partial charge is 0.416 e. The van der Waals surface area contributed by atoms with Crippen LogP contribution in [0.15, 0.2) is 18.2 Å². The quantitative estimate of drug-likeness (QED) is 0.730. The number of halogens is 3. The molecule has 0 aliphatic heterocycles. The highest BCUT2D eigenvalue weighted by atomic mass is 19.4. The summed E-state index contributed by atoms with van der Waals surface area (Å²) in [5, 5.41) is 0. The molecule has 4 heteroatoms. The maximum absolute atomic E-state index is 12.7. The van der Waals surface area contributed by atoms with Crippen LogP contribution in [-0.4, -0.2) is 0 Å². The number of alkyl halides is 3. The van der Waals surface area contributed by atoms with Crippen LogP contribution in [0, 0.1) is 0 Å². The molecule has 1 aliphatic carbocycles. The first-order chi connectivity index (χ1) is 7.97. The predicted octanol–water partition coefficient (Wildman–Crippen LogP) is 4.34. The molecule has 1 nitrogen and oxygen atoms in total. The van der Waals surface area contributed by atoms with Crippen molar-refractivity contribution in [1.82, 2.24) is 0 Å². The Morgan fingerprint density at radius 3 is 2.24 bits per heavy atom. The molecule has 2 N–H and O–H groups in total. The lowest BCUT2D eigenvalue weighted by atomic mass is 9.83. The lowest BCUT2D eigenvalue weighted by Crippen LogP contribution is -2.10. The van der Waals surface area contributed by atoms with E-state index in [1.807, 2.05) is 0 Å². The Morgan fingerprint density at radius 1 is 1.00 bits per heavy atom. The van der Waals surface area contributed by atoms with Crippen molar-refractivity contribution in [2.75, 3.05) is 5.73 Å². The van der Waals surface area contributed by atoms with Gasteiger partial charge in [0.2, 0.25) is 0 Å². The fourth-order valence-electron chi connectivity index (χ4n) is 2.51. The number of nitrogen functional groups attached to an aromatic ring is 1. The summed E-state index contributed by atoms with van der Waals surface area (Å²) in [6, 6.07) is 3.95.